The molecule has 32 heavy (non-hydrogen) atoms. The van der Waals surface area contributed by atoms with Crippen LogP contribution < -0.4 is 21.0 Å². The first-order valence-corrected chi connectivity index (χ1v) is 11.2. The Bertz CT molecular complexity index is 1160. The molecule has 3 atom stereocenters. The number of nitrogens with zero attached hydrogens (tertiary/aromatic N) is 2. The van der Waals surface area contributed by atoms with Crippen LogP contribution in [0.1, 0.15) is 19.1 Å². The molecule has 1 aliphatic rings. The largest absolute Gasteiger partial charge is 0.435 e. The third-order valence-corrected chi connectivity index (χ3v) is 6.13. The van der Waals surface area contributed by atoms with Gasteiger partial charge >= 0.3 is 14.2 Å². The molecule has 0 radical (unpaired) electrons. The van der Waals surface area contributed by atoms with Crippen molar-refractivity contribution in [3.63, 3.8) is 0 Å². The van der Waals surface area contributed by atoms with Gasteiger partial charge in [-0.2, -0.15) is 4.98 Å². The first-order valence-electron chi connectivity index (χ1n) is 10.0. The van der Waals surface area contributed by atoms with Crippen LogP contribution in [0.4, 0.5) is 10.2 Å². The minimum absolute atomic E-state index is 0.0659. The second-order valence-corrected chi connectivity index (χ2v) is 8.38. The summed E-state index contributed by atoms with van der Waals surface area (Å²) in [6.45, 7) is 0.231. The second kappa shape index (κ2) is 10.1. The van der Waals surface area contributed by atoms with E-state index in [4.69, 9.17) is 19.5 Å². The summed E-state index contributed by atoms with van der Waals surface area (Å²) >= 11 is 0. The number of hydrogen-bond donors (Lipinski definition) is 2. The highest BCUT2D eigenvalue weighted by atomic mass is 31.2. The van der Waals surface area contributed by atoms with Gasteiger partial charge in [-0.1, -0.05) is 36.4 Å². The van der Waals surface area contributed by atoms with Crippen LogP contribution in [-0.2, 0) is 14.1 Å². The van der Waals surface area contributed by atoms with Crippen molar-refractivity contribution in [2.75, 3.05) is 18.9 Å². The van der Waals surface area contributed by atoms with Gasteiger partial charge in [-0.25, -0.2) is 14.3 Å². The number of ether oxygens (including phenoxy) is 1. The van der Waals surface area contributed by atoms with Crippen LogP contribution in [0.5, 0.6) is 5.75 Å². The van der Waals surface area contributed by atoms with Gasteiger partial charge in [0.25, 0.3) is 0 Å². The van der Waals surface area contributed by atoms with E-state index < -0.39 is 32.1 Å². The number of halogens is 1. The Morgan fingerprint density at radius 1 is 1.28 bits per heavy atom. The number of aromatic nitrogens is 2. The van der Waals surface area contributed by atoms with E-state index in [-0.39, 0.29) is 19.3 Å². The van der Waals surface area contributed by atoms with Crippen molar-refractivity contribution in [1.29, 1.82) is 0 Å². The molecule has 168 valence electrons. The predicted molar refractivity (Wildman–Crippen MR) is 118 cm³/mol. The molecule has 1 saturated heterocycles. The molecule has 0 amide bonds. The molecule has 1 aliphatic heterocycles. The maximum atomic E-state index is 13.7. The predicted octanol–water partition coefficient (Wildman–Crippen LogP) is 2.91. The first kappa shape index (κ1) is 22.3. The number of nitrogens with two attached hydrogens (primary N) is 1. The average Bonchev–Trinajstić information content (AvgIpc) is 3.27. The summed E-state index contributed by atoms with van der Waals surface area (Å²) in [6, 6.07) is 13.5. The Morgan fingerprint density at radius 2 is 2.09 bits per heavy atom. The summed E-state index contributed by atoms with van der Waals surface area (Å²) in [5.41, 5.74) is 4.65. The standard InChI is InChI=1S/C21H22FN4O5P/c22-17-12-26(21(28)25-20(17)23)19-9-8-15(30-19)13-29-32(24-10-11-27)31-18-7-3-5-14-4-1-2-6-16(14)18/h1-7,11-12,15,19,24H,8-10,13H2,(H2,23,25,28). The summed E-state index contributed by atoms with van der Waals surface area (Å²) in [5, 5.41) is 4.89. The average molecular weight is 460 g/mol. The Morgan fingerprint density at radius 3 is 2.94 bits per heavy atom. The zero-order valence-corrected chi connectivity index (χ0v) is 17.9. The minimum Gasteiger partial charge on any atom is -0.435 e. The van der Waals surface area contributed by atoms with E-state index in [1.807, 2.05) is 42.5 Å². The lowest BCUT2D eigenvalue weighted by atomic mass is 10.1. The highest BCUT2D eigenvalue weighted by Gasteiger charge is 2.29. The number of anilines is 1. The van der Waals surface area contributed by atoms with Crippen molar-refractivity contribution < 1.29 is 23.0 Å². The van der Waals surface area contributed by atoms with Gasteiger partial charge in [0.05, 0.1) is 25.5 Å². The molecule has 4 rings (SSSR count). The third kappa shape index (κ3) is 5.11. The number of carbonyl (C=O) groups is 1. The molecule has 9 nitrogen and oxygen atoms in total. The van der Waals surface area contributed by atoms with Crippen molar-refractivity contribution in [1.82, 2.24) is 14.6 Å². The van der Waals surface area contributed by atoms with Crippen LogP contribution in [0.25, 0.3) is 10.8 Å². The topological polar surface area (TPSA) is 118 Å². The van der Waals surface area contributed by atoms with Crippen molar-refractivity contribution in [3.05, 3.63) is 65.0 Å². The molecule has 1 aromatic heterocycles. The SMILES string of the molecule is Nc1nc(=O)n(C2CCC(COP(NCC=O)Oc3cccc4ccccc34)O2)cc1F. The Balaban J connectivity index is 1.40. The fourth-order valence-electron chi connectivity index (χ4n) is 3.41. The number of hydrogen-bond acceptors (Lipinski definition) is 8. The number of rotatable bonds is 9. The minimum atomic E-state index is -1.64. The fourth-order valence-corrected chi connectivity index (χ4v) is 4.48. The third-order valence-electron chi connectivity index (χ3n) is 4.94. The van der Waals surface area contributed by atoms with Gasteiger partial charge in [-0.15, -0.1) is 0 Å². The number of carbonyl (C=O) groups excluding carboxylic acids is 1. The molecule has 0 bridgehead atoms. The van der Waals surface area contributed by atoms with Gasteiger partial charge in [0.2, 0.25) is 0 Å². The van der Waals surface area contributed by atoms with Crippen LogP contribution in [0.2, 0.25) is 0 Å². The zero-order chi connectivity index (χ0) is 22.5. The van der Waals surface area contributed by atoms with Crippen LogP contribution in [0, 0.1) is 5.82 Å². The molecule has 0 spiro atoms. The maximum Gasteiger partial charge on any atom is 0.351 e. The van der Waals surface area contributed by atoms with Gasteiger partial charge in [0, 0.05) is 5.39 Å². The highest BCUT2D eigenvalue weighted by Crippen LogP contribution is 2.40. The molecule has 2 heterocycles. The van der Waals surface area contributed by atoms with Crippen LogP contribution in [-0.4, -0.2) is 35.1 Å². The summed E-state index contributed by atoms with van der Waals surface area (Å²) in [7, 11) is -1.64. The lowest BCUT2D eigenvalue weighted by Crippen LogP contribution is -2.29. The van der Waals surface area contributed by atoms with Crippen LogP contribution in [0.15, 0.2) is 53.5 Å². The number of aldehydes is 1. The zero-order valence-electron chi connectivity index (χ0n) is 17.0. The summed E-state index contributed by atoms with van der Waals surface area (Å²) in [5.74, 6) is -0.590. The van der Waals surface area contributed by atoms with E-state index in [0.717, 1.165) is 27.8 Å². The number of nitrogens with one attached hydrogen (secondary N) is 1. The van der Waals surface area contributed by atoms with Crippen molar-refractivity contribution in [2.45, 2.75) is 25.2 Å². The second-order valence-electron chi connectivity index (χ2n) is 7.10. The molecule has 3 unspecified atom stereocenters. The Hall–Kier alpha value is -2.91. The first-order chi connectivity index (χ1) is 15.5. The Labute approximate surface area is 184 Å². The summed E-state index contributed by atoms with van der Waals surface area (Å²) in [6.07, 6.45) is 1.80. The van der Waals surface area contributed by atoms with Crippen molar-refractivity contribution >= 4 is 31.4 Å². The lowest BCUT2D eigenvalue weighted by molar-refractivity contribution is -0.106. The molecule has 0 aliphatic carbocycles. The highest BCUT2D eigenvalue weighted by molar-refractivity contribution is 7.45. The van der Waals surface area contributed by atoms with Gasteiger partial charge in [-0.05, 0) is 24.3 Å². The smallest absolute Gasteiger partial charge is 0.351 e. The lowest BCUT2D eigenvalue weighted by Gasteiger charge is -2.21. The number of nitrogen functional groups attached to an aromatic ring is 1. The molecule has 2 aromatic carbocycles. The molecule has 11 heteroatoms. The van der Waals surface area contributed by atoms with E-state index in [1.165, 1.54) is 0 Å². The quantitative estimate of drug-likeness (QED) is 0.370. The summed E-state index contributed by atoms with van der Waals surface area (Å²) < 4.78 is 32.6. The van der Waals surface area contributed by atoms with Gasteiger partial charge in [0.15, 0.2) is 11.6 Å². The van der Waals surface area contributed by atoms with Crippen LogP contribution in [0.3, 0.4) is 0 Å². The Kier molecular flexibility index (Phi) is 7.06. The number of benzene rings is 2. The molecule has 3 aromatic rings. The summed E-state index contributed by atoms with van der Waals surface area (Å²) in [4.78, 5) is 26.3. The van der Waals surface area contributed by atoms with Gasteiger partial charge < -0.3 is 24.3 Å². The molecule has 1 fully saturated rings. The number of fused-ring (bicyclic) bond motifs is 1. The maximum absolute atomic E-state index is 13.7. The molecule has 0 saturated carbocycles. The van der Waals surface area contributed by atoms with Crippen molar-refractivity contribution in [3.8, 4) is 5.75 Å². The monoisotopic (exact) mass is 460 g/mol. The van der Waals surface area contributed by atoms with Gasteiger partial charge in [-0.3, -0.25) is 4.57 Å². The fraction of sp³-hybridized carbons (Fsp3) is 0.286. The molecular formula is C21H22FN4O5P. The van der Waals surface area contributed by atoms with E-state index >= 15 is 0 Å². The van der Waals surface area contributed by atoms with Crippen molar-refractivity contribution in [2.24, 2.45) is 0 Å². The normalized spacial score (nSPS) is 19.2. The van der Waals surface area contributed by atoms with Gasteiger partial charge in [0.1, 0.15) is 18.3 Å². The molecular weight excluding hydrogens is 438 g/mol. The van der Waals surface area contributed by atoms with Crippen LogP contribution >= 0.6 is 8.53 Å². The van der Waals surface area contributed by atoms with E-state index in [0.29, 0.717) is 18.6 Å². The van der Waals surface area contributed by atoms with E-state index in [2.05, 4.69) is 10.1 Å². The van der Waals surface area contributed by atoms with E-state index in [9.17, 15) is 14.0 Å². The molecule has 3 N–H and O–H groups in total. The van der Waals surface area contributed by atoms with E-state index in [1.54, 1.807) is 0 Å².